The summed E-state index contributed by atoms with van der Waals surface area (Å²) in [6, 6.07) is 6.96. The molecule has 2 saturated heterocycles. The van der Waals surface area contributed by atoms with Gasteiger partial charge in [0.2, 0.25) is 5.91 Å². The first kappa shape index (κ1) is 28.3. The fourth-order valence-corrected chi connectivity index (χ4v) is 6.03. The summed E-state index contributed by atoms with van der Waals surface area (Å²) in [4.78, 5) is 32.1. The van der Waals surface area contributed by atoms with Crippen molar-refractivity contribution in [2.75, 3.05) is 32.8 Å². The van der Waals surface area contributed by atoms with Gasteiger partial charge in [-0.15, -0.1) is 0 Å². The normalized spacial score (nSPS) is 21.7. The van der Waals surface area contributed by atoms with Gasteiger partial charge in [-0.1, -0.05) is 12.5 Å². The zero-order valence-corrected chi connectivity index (χ0v) is 22.3. The van der Waals surface area contributed by atoms with Crippen LogP contribution in [0.1, 0.15) is 55.3 Å². The molecule has 3 fully saturated rings. The highest BCUT2D eigenvalue weighted by Crippen LogP contribution is 2.53. The van der Waals surface area contributed by atoms with Crippen molar-refractivity contribution in [2.24, 2.45) is 17.1 Å². The Labute approximate surface area is 230 Å². The minimum absolute atomic E-state index is 0.0946. The number of carbonyl (C=O) groups is 2. The SMILES string of the molecule is NC(=O)C1CCCN1C(=O)c1ccc(-c2ccc(OCC3CCN(CC4(C(F)(F)F)CCC4)CC3)cn2)cc1F. The van der Waals surface area contributed by atoms with Crippen LogP contribution in [-0.4, -0.2) is 71.6 Å². The van der Waals surface area contributed by atoms with Crippen molar-refractivity contribution in [3.05, 3.63) is 47.9 Å². The molecule has 1 atom stereocenters. The Morgan fingerprint density at radius 1 is 1.05 bits per heavy atom. The molecule has 2 amide bonds. The molecule has 0 radical (unpaired) electrons. The summed E-state index contributed by atoms with van der Waals surface area (Å²) in [6.45, 7) is 2.17. The molecule has 2 N–H and O–H groups in total. The van der Waals surface area contributed by atoms with Crippen LogP contribution in [0.3, 0.4) is 0 Å². The summed E-state index contributed by atoms with van der Waals surface area (Å²) in [5.41, 5.74) is 4.73. The van der Waals surface area contributed by atoms with Crippen LogP contribution >= 0.6 is 0 Å². The molecule has 0 spiro atoms. The maximum atomic E-state index is 14.9. The number of alkyl halides is 3. The molecule has 1 aromatic carbocycles. The van der Waals surface area contributed by atoms with E-state index in [9.17, 15) is 27.2 Å². The Morgan fingerprint density at radius 3 is 2.38 bits per heavy atom. The molecular weight excluding hydrogens is 528 g/mol. The monoisotopic (exact) mass is 562 g/mol. The van der Waals surface area contributed by atoms with E-state index in [4.69, 9.17) is 10.5 Å². The van der Waals surface area contributed by atoms with Crippen molar-refractivity contribution in [3.63, 3.8) is 0 Å². The second-order valence-corrected chi connectivity index (χ2v) is 11.3. The number of pyridine rings is 1. The fraction of sp³-hybridized carbons (Fsp3) is 0.552. The van der Waals surface area contributed by atoms with Crippen LogP contribution in [0, 0.1) is 17.2 Å². The Balaban J connectivity index is 1.12. The molecule has 1 saturated carbocycles. The van der Waals surface area contributed by atoms with E-state index in [0.717, 1.165) is 12.8 Å². The lowest BCUT2D eigenvalue weighted by molar-refractivity contribution is -0.256. The Kier molecular flexibility index (Phi) is 8.03. The summed E-state index contributed by atoms with van der Waals surface area (Å²) in [7, 11) is 0. The minimum atomic E-state index is -4.14. The summed E-state index contributed by atoms with van der Waals surface area (Å²) < 4.78 is 61.3. The molecule has 7 nitrogen and oxygen atoms in total. The Morgan fingerprint density at radius 2 is 1.80 bits per heavy atom. The third kappa shape index (κ3) is 5.80. The van der Waals surface area contributed by atoms with Gasteiger partial charge in [-0.05, 0) is 81.8 Å². The van der Waals surface area contributed by atoms with Crippen molar-refractivity contribution in [1.82, 2.24) is 14.8 Å². The van der Waals surface area contributed by atoms with E-state index < -0.39 is 35.3 Å². The number of nitrogens with zero attached hydrogens (tertiary/aromatic N) is 3. The van der Waals surface area contributed by atoms with Gasteiger partial charge in [0.1, 0.15) is 17.6 Å². The fourth-order valence-electron chi connectivity index (χ4n) is 6.03. The van der Waals surface area contributed by atoms with Crippen molar-refractivity contribution in [1.29, 1.82) is 0 Å². The van der Waals surface area contributed by atoms with Crippen LogP contribution < -0.4 is 10.5 Å². The molecule has 0 bridgehead atoms. The molecule has 1 aromatic heterocycles. The highest BCUT2D eigenvalue weighted by Gasteiger charge is 2.58. The zero-order chi connectivity index (χ0) is 28.5. The molecule has 3 heterocycles. The average Bonchev–Trinajstić information content (AvgIpc) is 3.40. The first-order valence-electron chi connectivity index (χ1n) is 13.8. The predicted molar refractivity (Wildman–Crippen MR) is 140 cm³/mol. The molecule has 5 rings (SSSR count). The first-order valence-corrected chi connectivity index (χ1v) is 13.8. The predicted octanol–water partition coefficient (Wildman–Crippen LogP) is 4.80. The minimum Gasteiger partial charge on any atom is -0.492 e. The van der Waals surface area contributed by atoms with Crippen LogP contribution in [0.4, 0.5) is 17.6 Å². The summed E-state index contributed by atoms with van der Waals surface area (Å²) in [5, 5.41) is 0. The number of amides is 2. The second kappa shape index (κ2) is 11.3. The molecular formula is C29H34F4N4O3. The number of rotatable bonds is 8. The van der Waals surface area contributed by atoms with Gasteiger partial charge in [-0.25, -0.2) is 4.39 Å². The number of aromatic nitrogens is 1. The molecule has 2 aromatic rings. The lowest BCUT2D eigenvalue weighted by Crippen LogP contribution is -2.53. The van der Waals surface area contributed by atoms with E-state index in [1.807, 2.05) is 4.90 Å². The third-order valence-corrected chi connectivity index (χ3v) is 8.70. The molecule has 40 heavy (non-hydrogen) atoms. The van der Waals surface area contributed by atoms with Gasteiger partial charge in [-0.3, -0.25) is 14.6 Å². The Bertz CT molecular complexity index is 1220. The lowest BCUT2D eigenvalue weighted by Gasteiger charge is -2.47. The molecule has 2 aliphatic heterocycles. The second-order valence-electron chi connectivity index (χ2n) is 11.3. The number of piperidine rings is 1. The van der Waals surface area contributed by atoms with Crippen molar-refractivity contribution in [3.8, 4) is 17.0 Å². The topological polar surface area (TPSA) is 88.8 Å². The standard InChI is InChI=1S/C29H34F4N4O3/c30-23-15-20(4-6-22(23)27(39)37-12-1-3-25(37)26(34)38)24-7-5-21(16-35-24)40-17-19-8-13-36(14-9-19)18-28(10-2-11-28)29(31,32)33/h4-7,15-16,19,25H,1-3,8-14,17-18H2,(H2,34,38). The third-order valence-electron chi connectivity index (χ3n) is 8.70. The number of nitrogens with two attached hydrogens (primary N) is 1. The van der Waals surface area contributed by atoms with E-state index in [1.54, 1.807) is 24.4 Å². The van der Waals surface area contributed by atoms with E-state index in [0.29, 0.717) is 62.5 Å². The van der Waals surface area contributed by atoms with E-state index >= 15 is 0 Å². The van der Waals surface area contributed by atoms with Crippen LogP contribution in [0.25, 0.3) is 11.3 Å². The zero-order valence-electron chi connectivity index (χ0n) is 22.3. The van der Waals surface area contributed by atoms with E-state index in [-0.39, 0.29) is 30.9 Å². The number of hydrogen-bond acceptors (Lipinski definition) is 5. The van der Waals surface area contributed by atoms with Gasteiger partial charge >= 0.3 is 6.18 Å². The lowest BCUT2D eigenvalue weighted by atomic mass is 9.67. The van der Waals surface area contributed by atoms with E-state index in [1.165, 1.54) is 17.0 Å². The summed E-state index contributed by atoms with van der Waals surface area (Å²) >= 11 is 0. The van der Waals surface area contributed by atoms with Crippen LogP contribution in [-0.2, 0) is 4.79 Å². The highest BCUT2D eigenvalue weighted by atomic mass is 19.4. The van der Waals surface area contributed by atoms with Crippen molar-refractivity contribution in [2.45, 2.75) is 57.2 Å². The maximum Gasteiger partial charge on any atom is 0.395 e. The molecule has 1 unspecified atom stereocenters. The van der Waals surface area contributed by atoms with Crippen LogP contribution in [0.15, 0.2) is 36.5 Å². The number of benzene rings is 1. The molecule has 1 aliphatic carbocycles. The number of halogens is 4. The van der Waals surface area contributed by atoms with Crippen molar-refractivity contribution < 1.29 is 31.9 Å². The summed E-state index contributed by atoms with van der Waals surface area (Å²) in [5.74, 6) is -1.05. The number of hydrogen-bond donors (Lipinski definition) is 1. The maximum absolute atomic E-state index is 14.9. The van der Waals surface area contributed by atoms with Gasteiger partial charge in [0.05, 0.1) is 29.5 Å². The largest absolute Gasteiger partial charge is 0.492 e. The smallest absolute Gasteiger partial charge is 0.395 e. The number of ether oxygens (including phenoxy) is 1. The molecule has 216 valence electrons. The Hall–Kier alpha value is -3.21. The first-order chi connectivity index (χ1) is 19.1. The average molecular weight is 563 g/mol. The van der Waals surface area contributed by atoms with Gasteiger partial charge in [0.15, 0.2) is 0 Å². The quantitative estimate of drug-likeness (QED) is 0.467. The number of primary amides is 1. The van der Waals surface area contributed by atoms with Gasteiger partial charge in [0, 0.05) is 18.7 Å². The highest BCUT2D eigenvalue weighted by molar-refractivity contribution is 5.98. The van der Waals surface area contributed by atoms with E-state index in [2.05, 4.69) is 4.98 Å². The number of likely N-dealkylation sites (tertiary alicyclic amines) is 2. The number of carbonyl (C=O) groups excluding carboxylic acids is 2. The van der Waals surface area contributed by atoms with Crippen LogP contribution in [0.5, 0.6) is 5.75 Å². The van der Waals surface area contributed by atoms with Crippen LogP contribution in [0.2, 0.25) is 0 Å². The van der Waals surface area contributed by atoms with Gasteiger partial charge < -0.3 is 20.3 Å². The summed E-state index contributed by atoms with van der Waals surface area (Å²) in [6.07, 6.45) is 1.18. The molecule has 3 aliphatic rings. The van der Waals surface area contributed by atoms with Crippen molar-refractivity contribution >= 4 is 11.8 Å². The van der Waals surface area contributed by atoms with Gasteiger partial charge in [0.25, 0.3) is 5.91 Å². The molecule has 11 heteroatoms. The van der Waals surface area contributed by atoms with Gasteiger partial charge in [-0.2, -0.15) is 13.2 Å².